The summed E-state index contributed by atoms with van der Waals surface area (Å²) in [6.07, 6.45) is -0.581. The standard InChI is InChI=1S/C27H27F2N3O6/c1-16(14-30-27(36)21-11-10-17-6-3-4-9-20(17)31-21)12-24(34)32-22(13-25(35)37-2)23(33)15-38-26-18(28)7-5-8-19(26)29/h3-11,16,22H,12-15H2,1-2H3,(H,30,36)(H,32,34)/t16-,22-/m0/s1. The molecule has 0 saturated heterocycles. The smallest absolute Gasteiger partial charge is 0.308 e. The molecule has 0 unspecified atom stereocenters. The number of nitrogens with zero attached hydrogens (tertiary/aromatic N) is 1. The van der Waals surface area contributed by atoms with Crippen molar-refractivity contribution in [1.82, 2.24) is 15.6 Å². The zero-order chi connectivity index (χ0) is 27.7. The molecule has 38 heavy (non-hydrogen) atoms. The Morgan fingerprint density at radius 1 is 0.947 bits per heavy atom. The molecule has 0 radical (unpaired) electrons. The Balaban J connectivity index is 1.53. The number of carbonyl (C=O) groups excluding carboxylic acids is 4. The Bertz CT molecular complexity index is 1310. The van der Waals surface area contributed by atoms with Crippen molar-refractivity contribution < 1.29 is 37.4 Å². The molecule has 0 saturated carbocycles. The molecule has 3 aromatic rings. The molecule has 1 heterocycles. The van der Waals surface area contributed by atoms with Crippen LogP contribution in [0.15, 0.2) is 54.6 Å². The van der Waals surface area contributed by atoms with E-state index in [4.69, 9.17) is 4.74 Å². The van der Waals surface area contributed by atoms with Crippen molar-refractivity contribution in [2.24, 2.45) is 5.92 Å². The number of benzene rings is 2. The SMILES string of the molecule is COC(=O)C[C@H](NC(=O)C[C@H](C)CNC(=O)c1ccc2ccccc2n1)C(=O)COc1c(F)cccc1F. The second-order valence-corrected chi connectivity index (χ2v) is 8.61. The fourth-order valence-electron chi connectivity index (χ4n) is 3.55. The maximum absolute atomic E-state index is 13.8. The van der Waals surface area contributed by atoms with Crippen LogP contribution in [0.4, 0.5) is 8.78 Å². The number of rotatable bonds is 12. The van der Waals surface area contributed by atoms with Gasteiger partial charge in [-0.2, -0.15) is 0 Å². The number of methoxy groups -OCH3 is 1. The lowest BCUT2D eigenvalue weighted by atomic mass is 10.1. The number of ketones is 1. The normalized spacial score (nSPS) is 12.3. The van der Waals surface area contributed by atoms with Gasteiger partial charge in [0.05, 0.1) is 19.0 Å². The van der Waals surface area contributed by atoms with Crippen molar-refractivity contribution >= 4 is 34.5 Å². The highest BCUT2D eigenvalue weighted by atomic mass is 19.1. The van der Waals surface area contributed by atoms with Gasteiger partial charge in [0.2, 0.25) is 5.91 Å². The Labute approximate surface area is 217 Å². The molecule has 0 spiro atoms. The summed E-state index contributed by atoms with van der Waals surface area (Å²) in [5.74, 6) is -5.61. The Morgan fingerprint density at radius 3 is 2.37 bits per heavy atom. The number of carbonyl (C=O) groups is 4. The molecule has 2 amide bonds. The van der Waals surface area contributed by atoms with Crippen molar-refractivity contribution in [3.8, 4) is 5.75 Å². The topological polar surface area (TPSA) is 124 Å². The van der Waals surface area contributed by atoms with E-state index >= 15 is 0 Å². The van der Waals surface area contributed by atoms with Gasteiger partial charge >= 0.3 is 5.97 Å². The lowest BCUT2D eigenvalue weighted by Crippen LogP contribution is -2.45. The van der Waals surface area contributed by atoms with Crippen LogP contribution in [0.3, 0.4) is 0 Å². The van der Waals surface area contributed by atoms with Gasteiger partial charge in [-0.25, -0.2) is 13.8 Å². The maximum Gasteiger partial charge on any atom is 0.308 e. The van der Waals surface area contributed by atoms with Gasteiger partial charge in [0.1, 0.15) is 18.3 Å². The van der Waals surface area contributed by atoms with Crippen LogP contribution in [0, 0.1) is 17.6 Å². The Morgan fingerprint density at radius 2 is 1.66 bits per heavy atom. The van der Waals surface area contributed by atoms with Crippen molar-refractivity contribution in [2.75, 3.05) is 20.3 Å². The fourth-order valence-corrected chi connectivity index (χ4v) is 3.55. The highest BCUT2D eigenvalue weighted by molar-refractivity contribution is 5.95. The summed E-state index contributed by atoms with van der Waals surface area (Å²) in [5.41, 5.74) is 0.908. The summed E-state index contributed by atoms with van der Waals surface area (Å²) in [6.45, 7) is 1.07. The summed E-state index contributed by atoms with van der Waals surface area (Å²) >= 11 is 0. The minimum atomic E-state index is -1.34. The summed E-state index contributed by atoms with van der Waals surface area (Å²) in [4.78, 5) is 53.8. The van der Waals surface area contributed by atoms with Crippen molar-refractivity contribution in [3.63, 3.8) is 0 Å². The number of halogens is 2. The number of para-hydroxylation sites is 2. The molecule has 0 bridgehead atoms. The monoisotopic (exact) mass is 527 g/mol. The first kappa shape index (κ1) is 28.2. The number of esters is 1. The minimum Gasteiger partial charge on any atom is -0.480 e. The number of pyridine rings is 1. The molecule has 2 atom stereocenters. The third kappa shape index (κ3) is 7.79. The van der Waals surface area contributed by atoms with E-state index in [0.29, 0.717) is 5.52 Å². The van der Waals surface area contributed by atoms with Gasteiger partial charge in [-0.1, -0.05) is 37.3 Å². The predicted molar refractivity (Wildman–Crippen MR) is 133 cm³/mol. The van der Waals surface area contributed by atoms with Crippen LogP contribution in [-0.2, 0) is 19.1 Å². The number of hydrogen-bond donors (Lipinski definition) is 2. The van der Waals surface area contributed by atoms with Gasteiger partial charge in [-0.05, 0) is 30.2 Å². The van der Waals surface area contributed by atoms with Crippen LogP contribution in [0.5, 0.6) is 5.75 Å². The molecular formula is C27H27F2N3O6. The molecule has 3 rings (SSSR count). The quantitative estimate of drug-likeness (QED) is 0.347. The molecule has 0 fully saturated rings. The molecule has 2 N–H and O–H groups in total. The summed E-state index contributed by atoms with van der Waals surface area (Å²) < 4.78 is 37.1. The molecule has 11 heteroatoms. The lowest BCUT2D eigenvalue weighted by molar-refractivity contribution is -0.143. The number of nitrogens with one attached hydrogen (secondary N) is 2. The van der Waals surface area contributed by atoms with E-state index in [9.17, 15) is 28.0 Å². The summed E-state index contributed by atoms with van der Waals surface area (Å²) in [6, 6.07) is 12.5. The highest BCUT2D eigenvalue weighted by Gasteiger charge is 2.26. The van der Waals surface area contributed by atoms with Gasteiger partial charge in [0, 0.05) is 18.4 Å². The van der Waals surface area contributed by atoms with Crippen LogP contribution < -0.4 is 15.4 Å². The average molecular weight is 528 g/mol. The molecule has 2 aromatic carbocycles. The molecular weight excluding hydrogens is 500 g/mol. The van der Waals surface area contributed by atoms with Crippen LogP contribution in [0.25, 0.3) is 10.9 Å². The predicted octanol–water partition coefficient (Wildman–Crippen LogP) is 2.97. The zero-order valence-corrected chi connectivity index (χ0v) is 20.8. The number of Topliss-reactive ketones (excluding diaryl/α,β-unsaturated/α-hetero) is 1. The van der Waals surface area contributed by atoms with E-state index in [1.54, 1.807) is 25.1 Å². The van der Waals surface area contributed by atoms with E-state index in [2.05, 4.69) is 20.4 Å². The number of aromatic nitrogens is 1. The number of hydrogen-bond acceptors (Lipinski definition) is 7. The summed E-state index contributed by atoms with van der Waals surface area (Å²) in [5, 5.41) is 6.06. The molecule has 0 aliphatic rings. The Hall–Kier alpha value is -4.41. The first-order chi connectivity index (χ1) is 18.2. The van der Waals surface area contributed by atoms with Crippen LogP contribution in [0.1, 0.15) is 30.3 Å². The average Bonchev–Trinajstić information content (AvgIpc) is 2.90. The lowest BCUT2D eigenvalue weighted by Gasteiger charge is -2.19. The van der Waals surface area contributed by atoms with Crippen molar-refractivity contribution in [1.29, 1.82) is 0 Å². The van der Waals surface area contributed by atoms with Crippen molar-refractivity contribution in [2.45, 2.75) is 25.8 Å². The summed E-state index contributed by atoms with van der Waals surface area (Å²) in [7, 11) is 1.12. The minimum absolute atomic E-state index is 0.0841. The first-order valence-corrected chi connectivity index (χ1v) is 11.8. The number of ether oxygens (including phenoxy) is 2. The maximum atomic E-state index is 13.8. The van der Waals surface area contributed by atoms with E-state index < -0.39 is 60.0 Å². The molecule has 0 aliphatic heterocycles. The van der Waals surface area contributed by atoms with Crippen LogP contribution in [-0.4, -0.2) is 54.9 Å². The number of fused-ring (bicyclic) bond motifs is 1. The molecule has 200 valence electrons. The van der Waals surface area contributed by atoms with Crippen LogP contribution >= 0.6 is 0 Å². The van der Waals surface area contributed by atoms with E-state index in [-0.39, 0.29) is 24.6 Å². The third-order valence-electron chi connectivity index (χ3n) is 5.58. The van der Waals surface area contributed by atoms with Crippen LogP contribution in [0.2, 0.25) is 0 Å². The second-order valence-electron chi connectivity index (χ2n) is 8.61. The zero-order valence-electron chi connectivity index (χ0n) is 20.8. The van der Waals surface area contributed by atoms with Gasteiger partial charge in [0.25, 0.3) is 5.91 Å². The van der Waals surface area contributed by atoms with Gasteiger partial charge < -0.3 is 20.1 Å². The third-order valence-corrected chi connectivity index (χ3v) is 5.58. The van der Waals surface area contributed by atoms with E-state index in [0.717, 1.165) is 30.7 Å². The fraction of sp³-hybridized carbons (Fsp3) is 0.296. The number of amides is 2. The van der Waals surface area contributed by atoms with Gasteiger partial charge in [-0.15, -0.1) is 0 Å². The van der Waals surface area contributed by atoms with E-state index in [1.165, 1.54) is 0 Å². The molecule has 9 nitrogen and oxygen atoms in total. The first-order valence-electron chi connectivity index (χ1n) is 11.8. The Kier molecular flexibility index (Phi) is 9.80. The molecule has 1 aromatic heterocycles. The van der Waals surface area contributed by atoms with E-state index in [1.807, 2.05) is 18.2 Å². The van der Waals surface area contributed by atoms with Crippen molar-refractivity contribution in [3.05, 3.63) is 71.9 Å². The highest BCUT2D eigenvalue weighted by Crippen LogP contribution is 2.21. The molecule has 0 aliphatic carbocycles. The second kappa shape index (κ2) is 13.2. The van der Waals surface area contributed by atoms with Gasteiger partial charge in [0.15, 0.2) is 23.2 Å². The van der Waals surface area contributed by atoms with Gasteiger partial charge in [-0.3, -0.25) is 19.2 Å². The largest absolute Gasteiger partial charge is 0.480 e.